The van der Waals surface area contributed by atoms with Gasteiger partial charge in [0.05, 0.1) is 12.7 Å². The van der Waals surface area contributed by atoms with E-state index in [2.05, 4.69) is 32.7 Å². The van der Waals surface area contributed by atoms with Crippen LogP contribution in [0.3, 0.4) is 0 Å². The van der Waals surface area contributed by atoms with Crippen molar-refractivity contribution in [2.75, 3.05) is 5.32 Å². The molecule has 5 heteroatoms. The second-order valence-corrected chi connectivity index (χ2v) is 4.73. The van der Waals surface area contributed by atoms with Crippen LogP contribution in [0.15, 0.2) is 48.9 Å². The molecule has 2 aromatic heterocycles. The molecule has 0 bridgehead atoms. The average molecular weight is 267 g/mol. The van der Waals surface area contributed by atoms with Gasteiger partial charge in [0, 0.05) is 35.9 Å². The van der Waals surface area contributed by atoms with Crippen LogP contribution < -0.4 is 5.32 Å². The number of anilines is 1. The Morgan fingerprint density at radius 2 is 2.10 bits per heavy atom. The number of aromatic amines is 1. The second-order valence-electron chi connectivity index (χ2n) is 4.73. The third-order valence-corrected chi connectivity index (χ3v) is 3.31. The van der Waals surface area contributed by atoms with Crippen LogP contribution in [0.25, 0.3) is 0 Å². The highest BCUT2D eigenvalue weighted by Crippen LogP contribution is 2.17. The molecule has 3 aromatic rings. The minimum Gasteiger partial charge on any atom is -0.381 e. The molecular formula is C15H17N5. The van der Waals surface area contributed by atoms with E-state index < -0.39 is 0 Å². The van der Waals surface area contributed by atoms with Crippen molar-refractivity contribution in [2.24, 2.45) is 0 Å². The summed E-state index contributed by atoms with van der Waals surface area (Å²) in [6.45, 7) is 3.55. The van der Waals surface area contributed by atoms with E-state index in [9.17, 15) is 0 Å². The molecule has 0 aliphatic heterocycles. The first-order chi connectivity index (χ1) is 9.83. The smallest absolute Gasteiger partial charge is 0.0679 e. The summed E-state index contributed by atoms with van der Waals surface area (Å²) in [4.78, 5) is 0. The fourth-order valence-electron chi connectivity index (χ4n) is 2.14. The van der Waals surface area contributed by atoms with Crippen molar-refractivity contribution in [1.29, 1.82) is 0 Å². The second kappa shape index (κ2) is 5.61. The molecule has 20 heavy (non-hydrogen) atoms. The lowest BCUT2D eigenvalue weighted by molar-refractivity contribution is 0.687. The summed E-state index contributed by atoms with van der Waals surface area (Å²) in [5.41, 5.74) is 4.63. The van der Waals surface area contributed by atoms with Gasteiger partial charge in [-0.2, -0.15) is 10.2 Å². The van der Waals surface area contributed by atoms with E-state index in [0.717, 1.165) is 24.5 Å². The number of aryl methyl sites for hydroxylation is 1. The minimum atomic E-state index is 0.762. The summed E-state index contributed by atoms with van der Waals surface area (Å²) in [5.74, 6) is 0. The van der Waals surface area contributed by atoms with Crippen molar-refractivity contribution in [3.05, 3.63) is 65.7 Å². The molecule has 1 aromatic carbocycles. The quantitative estimate of drug-likeness (QED) is 0.747. The molecule has 0 saturated heterocycles. The molecule has 5 nitrogen and oxygen atoms in total. The molecule has 0 fully saturated rings. The van der Waals surface area contributed by atoms with Crippen molar-refractivity contribution in [3.63, 3.8) is 0 Å². The fourth-order valence-corrected chi connectivity index (χ4v) is 2.14. The Bertz CT molecular complexity index is 669. The van der Waals surface area contributed by atoms with Crippen LogP contribution in [0.1, 0.15) is 16.8 Å². The molecule has 0 aliphatic rings. The first-order valence-electron chi connectivity index (χ1n) is 6.61. The summed E-state index contributed by atoms with van der Waals surface area (Å²) in [6, 6.07) is 10.2. The molecule has 2 N–H and O–H groups in total. The third kappa shape index (κ3) is 2.71. The highest BCUT2D eigenvalue weighted by atomic mass is 15.3. The summed E-state index contributed by atoms with van der Waals surface area (Å²) >= 11 is 0. The maximum absolute atomic E-state index is 4.25. The van der Waals surface area contributed by atoms with Gasteiger partial charge in [-0.3, -0.25) is 9.78 Å². The highest BCUT2D eigenvalue weighted by Gasteiger charge is 2.04. The summed E-state index contributed by atoms with van der Waals surface area (Å²) < 4.78 is 1.92. The normalized spacial score (nSPS) is 10.7. The van der Waals surface area contributed by atoms with E-state index in [1.807, 2.05) is 42.2 Å². The number of para-hydroxylation sites is 1. The third-order valence-electron chi connectivity index (χ3n) is 3.31. The molecule has 3 rings (SSSR count). The maximum Gasteiger partial charge on any atom is 0.0679 e. The van der Waals surface area contributed by atoms with Gasteiger partial charge in [-0.25, -0.2) is 0 Å². The number of nitrogens with one attached hydrogen (secondary N) is 2. The molecule has 0 aliphatic carbocycles. The molecule has 0 unspecified atom stereocenters. The van der Waals surface area contributed by atoms with Gasteiger partial charge in [-0.15, -0.1) is 0 Å². The number of rotatable bonds is 5. The van der Waals surface area contributed by atoms with Crippen LogP contribution in [-0.2, 0) is 13.1 Å². The zero-order valence-electron chi connectivity index (χ0n) is 11.4. The van der Waals surface area contributed by atoms with Crippen LogP contribution in [0.5, 0.6) is 0 Å². The number of aromatic nitrogens is 4. The maximum atomic E-state index is 4.25. The molecule has 0 atom stereocenters. The Balaban J connectivity index is 1.74. The Morgan fingerprint density at radius 3 is 2.85 bits per heavy atom. The summed E-state index contributed by atoms with van der Waals surface area (Å²) in [5, 5.41) is 14.7. The number of hydrogen-bond donors (Lipinski definition) is 2. The van der Waals surface area contributed by atoms with Crippen molar-refractivity contribution >= 4 is 5.69 Å². The van der Waals surface area contributed by atoms with Gasteiger partial charge < -0.3 is 5.32 Å². The molecule has 0 spiro atoms. The first-order valence-corrected chi connectivity index (χ1v) is 6.61. The Morgan fingerprint density at radius 1 is 1.20 bits per heavy atom. The van der Waals surface area contributed by atoms with Gasteiger partial charge in [0.2, 0.25) is 0 Å². The largest absolute Gasteiger partial charge is 0.381 e. The lowest BCUT2D eigenvalue weighted by Crippen LogP contribution is -2.06. The predicted octanol–water partition coefficient (Wildman–Crippen LogP) is 2.58. The van der Waals surface area contributed by atoms with Gasteiger partial charge in [-0.1, -0.05) is 18.2 Å². The zero-order chi connectivity index (χ0) is 13.8. The monoisotopic (exact) mass is 267 g/mol. The molecular weight excluding hydrogens is 250 g/mol. The van der Waals surface area contributed by atoms with Gasteiger partial charge in [-0.05, 0) is 24.6 Å². The molecule has 2 heterocycles. The SMILES string of the molecule is Cc1[nH]ncc1CNc1ccccc1Cn1cccn1. The molecule has 0 amide bonds. The van der Waals surface area contributed by atoms with Gasteiger partial charge in [0.25, 0.3) is 0 Å². The Kier molecular flexibility index (Phi) is 3.50. The lowest BCUT2D eigenvalue weighted by atomic mass is 10.1. The zero-order valence-corrected chi connectivity index (χ0v) is 11.4. The minimum absolute atomic E-state index is 0.762. The van der Waals surface area contributed by atoms with Crippen LogP contribution in [0.4, 0.5) is 5.69 Å². The Labute approximate surface area is 117 Å². The number of hydrogen-bond acceptors (Lipinski definition) is 3. The lowest BCUT2D eigenvalue weighted by Gasteiger charge is -2.12. The summed E-state index contributed by atoms with van der Waals surface area (Å²) in [7, 11) is 0. The van der Waals surface area contributed by atoms with E-state index >= 15 is 0 Å². The molecule has 0 saturated carbocycles. The van der Waals surface area contributed by atoms with E-state index in [1.54, 1.807) is 6.20 Å². The fraction of sp³-hybridized carbons (Fsp3) is 0.200. The highest BCUT2D eigenvalue weighted by molar-refractivity contribution is 5.51. The standard InChI is InChI=1S/C15H17N5/c1-12-14(10-17-19-12)9-16-15-6-3-2-5-13(15)11-20-8-4-7-18-20/h2-8,10,16H,9,11H2,1H3,(H,17,19). The van der Waals surface area contributed by atoms with Crippen LogP contribution in [0, 0.1) is 6.92 Å². The van der Waals surface area contributed by atoms with Crippen molar-refractivity contribution in [1.82, 2.24) is 20.0 Å². The molecule has 102 valence electrons. The number of nitrogens with zero attached hydrogens (tertiary/aromatic N) is 3. The van der Waals surface area contributed by atoms with E-state index in [1.165, 1.54) is 11.1 Å². The van der Waals surface area contributed by atoms with Crippen molar-refractivity contribution in [3.8, 4) is 0 Å². The van der Waals surface area contributed by atoms with E-state index in [-0.39, 0.29) is 0 Å². The number of H-pyrrole nitrogens is 1. The number of benzene rings is 1. The van der Waals surface area contributed by atoms with Crippen LogP contribution >= 0.6 is 0 Å². The topological polar surface area (TPSA) is 58.5 Å². The first kappa shape index (κ1) is 12.5. The molecule has 0 radical (unpaired) electrons. The predicted molar refractivity (Wildman–Crippen MR) is 78.4 cm³/mol. The Hall–Kier alpha value is -2.56. The van der Waals surface area contributed by atoms with Gasteiger partial charge in [0.1, 0.15) is 0 Å². The van der Waals surface area contributed by atoms with Crippen LogP contribution in [-0.4, -0.2) is 20.0 Å². The van der Waals surface area contributed by atoms with E-state index in [0.29, 0.717) is 0 Å². The van der Waals surface area contributed by atoms with Gasteiger partial charge >= 0.3 is 0 Å². The van der Waals surface area contributed by atoms with Gasteiger partial charge in [0.15, 0.2) is 0 Å². The van der Waals surface area contributed by atoms with Crippen LogP contribution in [0.2, 0.25) is 0 Å². The van der Waals surface area contributed by atoms with Crippen molar-refractivity contribution in [2.45, 2.75) is 20.0 Å². The summed E-state index contributed by atoms with van der Waals surface area (Å²) in [6.07, 6.45) is 5.63. The average Bonchev–Trinajstić information content (AvgIpc) is 3.10. The van der Waals surface area contributed by atoms with Crippen molar-refractivity contribution < 1.29 is 0 Å². The van der Waals surface area contributed by atoms with E-state index in [4.69, 9.17) is 0 Å².